The van der Waals surface area contributed by atoms with Gasteiger partial charge in [0.1, 0.15) is 5.41 Å². The number of nitrogens with one attached hydrogen (secondary N) is 2. The summed E-state index contributed by atoms with van der Waals surface area (Å²) >= 11 is 0. The Bertz CT molecular complexity index is 852. The van der Waals surface area contributed by atoms with Crippen LogP contribution in [-0.4, -0.2) is 33.2 Å². The molecule has 2 atom stereocenters. The molecule has 0 aromatic heterocycles. The van der Waals surface area contributed by atoms with Crippen LogP contribution in [0.1, 0.15) is 70.2 Å². The van der Waals surface area contributed by atoms with E-state index < -0.39 is 40.5 Å². The van der Waals surface area contributed by atoms with Crippen LogP contribution in [0, 0.1) is 5.41 Å². The van der Waals surface area contributed by atoms with Gasteiger partial charge in [-0.15, -0.1) is 0 Å². The molecule has 0 aliphatic heterocycles. The Kier molecular flexibility index (Phi) is 6.77. The average molecular weight is 439 g/mol. The van der Waals surface area contributed by atoms with Crippen molar-refractivity contribution >= 4 is 11.8 Å². The lowest BCUT2D eigenvalue weighted by atomic mass is 9.66. The number of amides is 2. The SMILES string of the molecule is CC(C)(O)[C@H](NC(=O)C1(C(=O)N[C@H](c2ccccc2)C(C)(C)O)CCC1)c1ccccc1. The third-order valence-corrected chi connectivity index (χ3v) is 6.31. The third kappa shape index (κ3) is 5.03. The zero-order valence-electron chi connectivity index (χ0n) is 19.3. The predicted octanol–water partition coefficient (Wildman–Crippen LogP) is 3.41. The van der Waals surface area contributed by atoms with Crippen molar-refractivity contribution in [2.24, 2.45) is 5.41 Å². The molecule has 32 heavy (non-hydrogen) atoms. The van der Waals surface area contributed by atoms with Crippen molar-refractivity contribution in [3.63, 3.8) is 0 Å². The molecule has 2 aromatic rings. The van der Waals surface area contributed by atoms with Crippen LogP contribution in [0.3, 0.4) is 0 Å². The van der Waals surface area contributed by atoms with Crippen LogP contribution < -0.4 is 10.6 Å². The lowest BCUT2D eigenvalue weighted by Crippen LogP contribution is -2.59. The maximum atomic E-state index is 13.4. The lowest BCUT2D eigenvalue weighted by molar-refractivity contribution is -0.153. The van der Waals surface area contributed by atoms with Crippen LogP contribution in [0.4, 0.5) is 0 Å². The van der Waals surface area contributed by atoms with Crippen molar-refractivity contribution in [1.29, 1.82) is 0 Å². The van der Waals surface area contributed by atoms with Gasteiger partial charge in [-0.3, -0.25) is 9.59 Å². The minimum Gasteiger partial charge on any atom is -0.388 e. The van der Waals surface area contributed by atoms with E-state index in [0.29, 0.717) is 12.8 Å². The van der Waals surface area contributed by atoms with E-state index in [1.807, 2.05) is 60.7 Å². The van der Waals surface area contributed by atoms with Crippen LogP contribution >= 0.6 is 0 Å². The highest BCUT2D eigenvalue weighted by Crippen LogP contribution is 2.43. The predicted molar refractivity (Wildman–Crippen MR) is 124 cm³/mol. The second-order valence-corrected chi connectivity index (χ2v) is 9.88. The van der Waals surface area contributed by atoms with Crippen LogP contribution in [0.2, 0.25) is 0 Å². The summed E-state index contributed by atoms with van der Waals surface area (Å²) in [5.41, 5.74) is -2.14. The zero-order valence-corrected chi connectivity index (χ0v) is 19.3. The summed E-state index contributed by atoms with van der Waals surface area (Å²) in [5, 5.41) is 27.3. The number of benzene rings is 2. The van der Waals surface area contributed by atoms with Gasteiger partial charge >= 0.3 is 0 Å². The quantitative estimate of drug-likeness (QED) is 0.475. The Morgan fingerprint density at radius 3 is 1.34 bits per heavy atom. The average Bonchev–Trinajstić information content (AvgIpc) is 2.69. The van der Waals surface area contributed by atoms with E-state index in [1.54, 1.807) is 27.7 Å². The minimum atomic E-state index is -1.23. The highest BCUT2D eigenvalue weighted by Gasteiger charge is 2.53. The maximum absolute atomic E-state index is 13.4. The van der Waals surface area contributed by atoms with Crippen molar-refractivity contribution in [1.82, 2.24) is 10.6 Å². The topological polar surface area (TPSA) is 98.7 Å². The molecule has 1 fully saturated rings. The highest BCUT2D eigenvalue weighted by atomic mass is 16.3. The number of rotatable bonds is 8. The first kappa shape index (κ1) is 24.0. The fraction of sp³-hybridized carbons (Fsp3) is 0.462. The summed E-state index contributed by atoms with van der Waals surface area (Å²) in [5.74, 6) is -0.806. The molecular weight excluding hydrogens is 404 g/mol. The van der Waals surface area contributed by atoms with Gasteiger partial charge in [-0.25, -0.2) is 0 Å². The van der Waals surface area contributed by atoms with Gasteiger partial charge in [-0.05, 0) is 51.7 Å². The molecule has 0 bridgehead atoms. The van der Waals surface area contributed by atoms with Gasteiger partial charge in [-0.2, -0.15) is 0 Å². The standard InChI is InChI=1S/C26H34N2O4/c1-24(2,31)20(18-12-7-5-8-13-18)27-22(29)26(16-11-17-26)23(30)28-21(25(3,4)32)19-14-9-6-10-15-19/h5-10,12-15,20-21,31-32H,11,16-17H2,1-4H3,(H,27,29)(H,28,30)/t20-,21-/m1/s1. The smallest absolute Gasteiger partial charge is 0.236 e. The third-order valence-electron chi connectivity index (χ3n) is 6.31. The Balaban J connectivity index is 1.85. The van der Waals surface area contributed by atoms with E-state index in [1.165, 1.54) is 0 Å². The molecule has 1 aliphatic rings. The van der Waals surface area contributed by atoms with Crippen molar-refractivity contribution in [3.05, 3.63) is 71.8 Å². The molecule has 0 spiro atoms. The summed E-state index contributed by atoms with van der Waals surface area (Å²) in [4.78, 5) is 26.9. The monoisotopic (exact) mass is 438 g/mol. The number of carbonyl (C=O) groups excluding carboxylic acids is 2. The van der Waals surface area contributed by atoms with E-state index in [0.717, 1.165) is 17.5 Å². The molecule has 0 heterocycles. The first-order chi connectivity index (χ1) is 14.9. The summed E-state index contributed by atoms with van der Waals surface area (Å²) in [7, 11) is 0. The molecule has 2 amide bonds. The van der Waals surface area contributed by atoms with E-state index in [2.05, 4.69) is 10.6 Å². The molecule has 0 radical (unpaired) electrons. The Morgan fingerprint density at radius 2 is 1.09 bits per heavy atom. The van der Waals surface area contributed by atoms with Gasteiger partial charge in [0.05, 0.1) is 23.3 Å². The summed E-state index contributed by atoms with van der Waals surface area (Å²) in [6.45, 7) is 6.55. The summed E-state index contributed by atoms with van der Waals surface area (Å²) in [6.07, 6.45) is 1.61. The Labute approximate surface area is 190 Å². The molecule has 172 valence electrons. The Morgan fingerprint density at radius 1 is 0.750 bits per heavy atom. The van der Waals surface area contributed by atoms with Gasteiger partial charge in [0.25, 0.3) is 0 Å². The number of aliphatic hydroxyl groups is 2. The second-order valence-electron chi connectivity index (χ2n) is 9.88. The molecule has 6 nitrogen and oxygen atoms in total. The normalized spacial score (nSPS) is 17.6. The fourth-order valence-corrected chi connectivity index (χ4v) is 4.25. The highest BCUT2D eigenvalue weighted by molar-refractivity contribution is 6.06. The maximum Gasteiger partial charge on any atom is 0.236 e. The van der Waals surface area contributed by atoms with Gasteiger partial charge in [-0.1, -0.05) is 67.1 Å². The molecule has 1 saturated carbocycles. The van der Waals surface area contributed by atoms with E-state index in [9.17, 15) is 19.8 Å². The fourth-order valence-electron chi connectivity index (χ4n) is 4.25. The van der Waals surface area contributed by atoms with Crippen molar-refractivity contribution in [2.45, 2.75) is 70.2 Å². The second kappa shape index (κ2) is 9.04. The molecule has 1 aliphatic carbocycles. The zero-order chi connectivity index (χ0) is 23.6. The molecule has 0 saturated heterocycles. The summed E-state index contributed by atoms with van der Waals surface area (Å²) < 4.78 is 0. The first-order valence-electron chi connectivity index (χ1n) is 11.1. The van der Waals surface area contributed by atoms with Crippen LogP contribution in [0.5, 0.6) is 0 Å². The molecule has 2 aromatic carbocycles. The molecule has 3 rings (SSSR count). The molecule has 4 N–H and O–H groups in total. The van der Waals surface area contributed by atoms with E-state index in [-0.39, 0.29) is 0 Å². The minimum absolute atomic E-state index is 0.403. The van der Waals surface area contributed by atoms with Gasteiger partial charge in [0.2, 0.25) is 11.8 Å². The van der Waals surface area contributed by atoms with E-state index in [4.69, 9.17) is 0 Å². The van der Waals surface area contributed by atoms with Crippen molar-refractivity contribution in [3.8, 4) is 0 Å². The van der Waals surface area contributed by atoms with Crippen LogP contribution in [0.25, 0.3) is 0 Å². The lowest BCUT2D eigenvalue weighted by Gasteiger charge is -2.43. The number of hydrogen-bond acceptors (Lipinski definition) is 4. The van der Waals surface area contributed by atoms with Gasteiger partial charge in [0, 0.05) is 0 Å². The van der Waals surface area contributed by atoms with Crippen molar-refractivity contribution < 1.29 is 19.8 Å². The van der Waals surface area contributed by atoms with Crippen molar-refractivity contribution in [2.75, 3.05) is 0 Å². The molecule has 0 unspecified atom stereocenters. The number of hydrogen-bond donors (Lipinski definition) is 4. The molecule has 6 heteroatoms. The van der Waals surface area contributed by atoms with Crippen LogP contribution in [-0.2, 0) is 9.59 Å². The Hall–Kier alpha value is -2.70. The van der Waals surface area contributed by atoms with E-state index >= 15 is 0 Å². The molecular formula is C26H34N2O4. The van der Waals surface area contributed by atoms with Crippen LogP contribution in [0.15, 0.2) is 60.7 Å². The first-order valence-corrected chi connectivity index (χ1v) is 11.1. The summed E-state index contributed by atoms with van der Waals surface area (Å²) in [6, 6.07) is 17.2. The number of carbonyl (C=O) groups is 2. The largest absolute Gasteiger partial charge is 0.388 e. The van der Waals surface area contributed by atoms with Gasteiger partial charge in [0.15, 0.2) is 0 Å². The van der Waals surface area contributed by atoms with Gasteiger partial charge < -0.3 is 20.8 Å².